The molecule has 5 rings (SSSR count). The van der Waals surface area contributed by atoms with Crippen LogP contribution >= 0.6 is 0 Å². The maximum absolute atomic E-state index is 12.7. The largest absolute Gasteiger partial charge is 0.353 e. The molecule has 0 bridgehead atoms. The quantitative estimate of drug-likeness (QED) is 0.442. The fraction of sp³-hybridized carbons (Fsp3) is 0.357. The summed E-state index contributed by atoms with van der Waals surface area (Å²) in [4.78, 5) is 15.1. The lowest BCUT2D eigenvalue weighted by Gasteiger charge is -2.32. The average molecular weight is 469 g/mol. The number of likely N-dealkylation sites (tertiary alicyclic amines) is 1. The average Bonchev–Trinajstić information content (AvgIpc) is 3.28. The van der Waals surface area contributed by atoms with Crippen molar-refractivity contribution in [3.63, 3.8) is 0 Å². The Bertz CT molecular complexity index is 1310. The van der Waals surface area contributed by atoms with E-state index in [0.29, 0.717) is 24.3 Å². The molecule has 0 atom stereocenters. The minimum absolute atomic E-state index is 0.0635. The molecule has 1 amide bonds. The Morgan fingerprint density at radius 2 is 1.77 bits per heavy atom. The van der Waals surface area contributed by atoms with Gasteiger partial charge in [-0.1, -0.05) is 42.5 Å². The summed E-state index contributed by atoms with van der Waals surface area (Å²) in [5.41, 5.74) is 6.45. The van der Waals surface area contributed by atoms with Crippen molar-refractivity contribution in [1.82, 2.24) is 30.0 Å². The number of hydrogen-bond acceptors (Lipinski definition) is 5. The number of nitrogens with one attached hydrogen (secondary N) is 1. The van der Waals surface area contributed by atoms with Crippen LogP contribution in [0.15, 0.2) is 60.7 Å². The number of carbonyl (C=O) groups is 1. The Hall–Kier alpha value is -3.58. The van der Waals surface area contributed by atoms with Gasteiger partial charge in [0.25, 0.3) is 0 Å². The van der Waals surface area contributed by atoms with Crippen LogP contribution in [0.5, 0.6) is 0 Å². The molecule has 1 N–H and O–H groups in total. The number of piperidine rings is 1. The van der Waals surface area contributed by atoms with E-state index in [1.54, 1.807) is 4.52 Å². The minimum Gasteiger partial charge on any atom is -0.353 e. The van der Waals surface area contributed by atoms with E-state index in [9.17, 15) is 4.79 Å². The van der Waals surface area contributed by atoms with Crippen LogP contribution in [0.4, 0.5) is 0 Å². The molecule has 7 heteroatoms. The van der Waals surface area contributed by atoms with Crippen molar-refractivity contribution in [2.75, 3.05) is 13.1 Å². The standard InChI is InChI=1S/C28H32N6O/c1-20-8-9-23(18-21(20)2)25-10-11-26-30-31-27(34(26)32-25)12-13-28(35)29-24-14-16-33(17-15-24)19-22-6-4-3-5-7-22/h3-11,18,24H,12-17,19H2,1-2H3,(H,29,35). The molecule has 1 fully saturated rings. The van der Waals surface area contributed by atoms with Gasteiger partial charge in [0.15, 0.2) is 11.5 Å². The number of aromatic nitrogens is 4. The van der Waals surface area contributed by atoms with Gasteiger partial charge < -0.3 is 5.32 Å². The van der Waals surface area contributed by atoms with E-state index in [-0.39, 0.29) is 11.9 Å². The van der Waals surface area contributed by atoms with Crippen molar-refractivity contribution in [2.45, 2.75) is 52.1 Å². The third-order valence-corrected chi connectivity index (χ3v) is 6.91. The summed E-state index contributed by atoms with van der Waals surface area (Å²) in [6.07, 6.45) is 2.84. The lowest BCUT2D eigenvalue weighted by Crippen LogP contribution is -2.44. The first kappa shape index (κ1) is 23.2. The summed E-state index contributed by atoms with van der Waals surface area (Å²) in [7, 11) is 0. The van der Waals surface area contributed by atoms with Gasteiger partial charge in [0.1, 0.15) is 0 Å². The maximum Gasteiger partial charge on any atom is 0.220 e. The number of benzene rings is 2. The molecular formula is C28H32N6O. The van der Waals surface area contributed by atoms with Gasteiger partial charge >= 0.3 is 0 Å². The Labute approximate surface area is 206 Å². The van der Waals surface area contributed by atoms with E-state index in [0.717, 1.165) is 43.7 Å². The van der Waals surface area contributed by atoms with Crippen LogP contribution < -0.4 is 5.32 Å². The highest BCUT2D eigenvalue weighted by atomic mass is 16.1. The van der Waals surface area contributed by atoms with Crippen LogP contribution in [0.3, 0.4) is 0 Å². The minimum atomic E-state index is 0.0635. The Kier molecular flexibility index (Phi) is 6.86. The van der Waals surface area contributed by atoms with Gasteiger partial charge in [-0.3, -0.25) is 9.69 Å². The van der Waals surface area contributed by atoms with Gasteiger partial charge in [-0.2, -0.15) is 9.61 Å². The van der Waals surface area contributed by atoms with Crippen molar-refractivity contribution in [2.24, 2.45) is 0 Å². The predicted molar refractivity (Wildman–Crippen MR) is 137 cm³/mol. The summed E-state index contributed by atoms with van der Waals surface area (Å²) >= 11 is 0. The molecule has 1 aliphatic heterocycles. The van der Waals surface area contributed by atoms with Gasteiger partial charge in [0.2, 0.25) is 5.91 Å². The molecule has 3 heterocycles. The van der Waals surface area contributed by atoms with Gasteiger partial charge in [0.05, 0.1) is 5.69 Å². The highest BCUT2D eigenvalue weighted by Crippen LogP contribution is 2.21. The summed E-state index contributed by atoms with van der Waals surface area (Å²) in [6.45, 7) is 7.18. The summed E-state index contributed by atoms with van der Waals surface area (Å²) < 4.78 is 1.76. The van der Waals surface area contributed by atoms with E-state index in [1.165, 1.54) is 16.7 Å². The van der Waals surface area contributed by atoms with E-state index in [4.69, 9.17) is 5.10 Å². The number of amides is 1. The van der Waals surface area contributed by atoms with E-state index >= 15 is 0 Å². The molecule has 0 saturated carbocycles. The van der Waals surface area contributed by atoms with E-state index < -0.39 is 0 Å². The van der Waals surface area contributed by atoms with Crippen molar-refractivity contribution in [1.29, 1.82) is 0 Å². The molecule has 35 heavy (non-hydrogen) atoms. The Morgan fingerprint density at radius 3 is 2.54 bits per heavy atom. The molecule has 0 unspecified atom stereocenters. The molecule has 0 spiro atoms. The van der Waals surface area contributed by atoms with Gasteiger partial charge in [0, 0.05) is 44.1 Å². The third-order valence-electron chi connectivity index (χ3n) is 6.91. The SMILES string of the molecule is Cc1ccc(-c2ccc3nnc(CCC(=O)NC4CCN(Cc5ccccc5)CC4)n3n2)cc1C. The third kappa shape index (κ3) is 5.57. The first-order chi connectivity index (χ1) is 17.0. The highest BCUT2D eigenvalue weighted by Gasteiger charge is 2.21. The van der Waals surface area contributed by atoms with Crippen molar-refractivity contribution < 1.29 is 4.79 Å². The summed E-state index contributed by atoms with van der Waals surface area (Å²) in [5.74, 6) is 0.770. The zero-order chi connectivity index (χ0) is 24.2. The molecule has 0 aliphatic carbocycles. The topological polar surface area (TPSA) is 75.4 Å². The molecule has 4 aromatic rings. The van der Waals surface area contributed by atoms with Crippen molar-refractivity contribution in [3.05, 3.63) is 83.2 Å². The monoisotopic (exact) mass is 468 g/mol. The molecule has 7 nitrogen and oxygen atoms in total. The van der Waals surface area contributed by atoms with E-state index in [2.05, 4.69) is 76.7 Å². The second-order valence-electron chi connectivity index (χ2n) is 9.51. The molecule has 2 aromatic heterocycles. The maximum atomic E-state index is 12.7. The molecule has 2 aromatic carbocycles. The Morgan fingerprint density at radius 1 is 0.971 bits per heavy atom. The van der Waals surface area contributed by atoms with Crippen LogP contribution in [-0.2, 0) is 17.8 Å². The zero-order valence-corrected chi connectivity index (χ0v) is 20.4. The van der Waals surface area contributed by atoms with Crippen molar-refractivity contribution in [3.8, 4) is 11.3 Å². The highest BCUT2D eigenvalue weighted by molar-refractivity contribution is 5.76. The molecule has 0 radical (unpaired) electrons. The Balaban J connectivity index is 1.15. The molecule has 1 aliphatic rings. The number of rotatable bonds is 7. The first-order valence-electron chi connectivity index (χ1n) is 12.4. The van der Waals surface area contributed by atoms with Gasteiger partial charge in [-0.25, -0.2) is 0 Å². The van der Waals surface area contributed by atoms with Gasteiger partial charge in [-0.05, 0) is 61.6 Å². The molecular weight excluding hydrogens is 436 g/mol. The number of fused-ring (bicyclic) bond motifs is 1. The van der Waals surface area contributed by atoms with Crippen LogP contribution in [0.1, 0.15) is 41.8 Å². The number of aryl methyl sites for hydroxylation is 3. The van der Waals surface area contributed by atoms with Crippen molar-refractivity contribution >= 4 is 11.6 Å². The van der Waals surface area contributed by atoms with Crippen LogP contribution in [0.2, 0.25) is 0 Å². The smallest absolute Gasteiger partial charge is 0.220 e. The number of nitrogens with zero attached hydrogens (tertiary/aromatic N) is 5. The summed E-state index contributed by atoms with van der Waals surface area (Å²) in [5, 5.41) is 16.5. The zero-order valence-electron chi connectivity index (χ0n) is 20.4. The fourth-order valence-electron chi connectivity index (χ4n) is 4.65. The fourth-order valence-corrected chi connectivity index (χ4v) is 4.65. The number of hydrogen-bond donors (Lipinski definition) is 1. The number of carbonyl (C=O) groups excluding carboxylic acids is 1. The lowest BCUT2D eigenvalue weighted by molar-refractivity contribution is -0.122. The molecule has 1 saturated heterocycles. The second-order valence-corrected chi connectivity index (χ2v) is 9.51. The van der Waals surface area contributed by atoms with E-state index in [1.807, 2.05) is 18.2 Å². The van der Waals surface area contributed by atoms with Crippen LogP contribution in [0, 0.1) is 13.8 Å². The second kappa shape index (κ2) is 10.4. The summed E-state index contributed by atoms with van der Waals surface area (Å²) in [6, 6.07) is 21.0. The van der Waals surface area contributed by atoms with Crippen LogP contribution in [0.25, 0.3) is 16.9 Å². The normalized spacial score (nSPS) is 14.9. The predicted octanol–water partition coefficient (Wildman–Crippen LogP) is 4.12. The molecule has 180 valence electrons. The van der Waals surface area contributed by atoms with Crippen LogP contribution in [-0.4, -0.2) is 49.7 Å². The lowest BCUT2D eigenvalue weighted by atomic mass is 10.0. The first-order valence-corrected chi connectivity index (χ1v) is 12.4. The van der Waals surface area contributed by atoms with Gasteiger partial charge in [-0.15, -0.1) is 10.2 Å².